The van der Waals surface area contributed by atoms with Gasteiger partial charge >= 0.3 is 0 Å². The van der Waals surface area contributed by atoms with Crippen LogP contribution in [0.5, 0.6) is 5.75 Å². The molecule has 0 radical (unpaired) electrons. The summed E-state index contributed by atoms with van der Waals surface area (Å²) in [5.41, 5.74) is 0.506. The van der Waals surface area contributed by atoms with Gasteiger partial charge in [0.15, 0.2) is 0 Å². The number of carbonyl (C=O) groups is 1. The smallest absolute Gasteiger partial charge is 0.253 e. The monoisotopic (exact) mass is 361 g/mol. The van der Waals surface area contributed by atoms with Gasteiger partial charge in [0.05, 0.1) is 3.57 Å². The maximum absolute atomic E-state index is 12.3. The summed E-state index contributed by atoms with van der Waals surface area (Å²) in [6.45, 7) is 1.45. The molecule has 4 nitrogen and oxygen atoms in total. The Bertz CT molecular complexity index is 450. The molecule has 2 N–H and O–H groups in total. The minimum Gasteiger partial charge on any atom is -0.507 e. The van der Waals surface area contributed by atoms with E-state index in [2.05, 4.69) is 0 Å². The van der Waals surface area contributed by atoms with Crippen molar-refractivity contribution < 1.29 is 15.0 Å². The zero-order valence-corrected chi connectivity index (χ0v) is 12.1. The topological polar surface area (TPSA) is 60.8 Å². The SMILES string of the molecule is O=C(c1ccc(I)c(O)c1)N1CCCC(CO)C1. The number of amides is 1. The van der Waals surface area contributed by atoms with E-state index in [9.17, 15) is 9.90 Å². The first-order valence-corrected chi connectivity index (χ1v) is 7.08. The normalized spacial score (nSPS) is 19.9. The third-order valence-corrected chi connectivity index (χ3v) is 4.17. The number of nitrogens with zero attached hydrogens (tertiary/aromatic N) is 1. The minimum atomic E-state index is -0.0696. The van der Waals surface area contributed by atoms with E-state index >= 15 is 0 Å². The highest BCUT2D eigenvalue weighted by atomic mass is 127. The highest BCUT2D eigenvalue weighted by molar-refractivity contribution is 14.1. The molecule has 1 saturated heterocycles. The predicted molar refractivity (Wildman–Crippen MR) is 76.5 cm³/mol. The van der Waals surface area contributed by atoms with Crippen molar-refractivity contribution in [3.8, 4) is 5.75 Å². The number of phenolic OH excluding ortho intramolecular Hbond substituents is 1. The molecule has 1 aromatic carbocycles. The molecule has 0 aromatic heterocycles. The Labute approximate surface area is 120 Å². The molecule has 5 heteroatoms. The summed E-state index contributed by atoms with van der Waals surface area (Å²) in [4.78, 5) is 14.0. The average molecular weight is 361 g/mol. The van der Waals surface area contributed by atoms with Crippen molar-refractivity contribution in [2.24, 2.45) is 5.92 Å². The molecular weight excluding hydrogens is 345 g/mol. The second kappa shape index (κ2) is 5.88. The molecule has 0 bridgehead atoms. The van der Waals surface area contributed by atoms with Gasteiger partial charge in [0.25, 0.3) is 5.91 Å². The van der Waals surface area contributed by atoms with Crippen molar-refractivity contribution in [1.82, 2.24) is 4.90 Å². The zero-order chi connectivity index (χ0) is 13.1. The van der Waals surface area contributed by atoms with E-state index in [0.29, 0.717) is 12.1 Å². The molecule has 1 heterocycles. The molecule has 1 aliphatic rings. The first-order valence-electron chi connectivity index (χ1n) is 6.00. The lowest BCUT2D eigenvalue weighted by Gasteiger charge is -2.31. The van der Waals surface area contributed by atoms with Crippen LogP contribution in [0.15, 0.2) is 18.2 Å². The number of aliphatic hydroxyl groups is 1. The highest BCUT2D eigenvalue weighted by Gasteiger charge is 2.24. The van der Waals surface area contributed by atoms with Gasteiger partial charge in [0.2, 0.25) is 0 Å². The van der Waals surface area contributed by atoms with Crippen molar-refractivity contribution in [2.75, 3.05) is 19.7 Å². The quantitative estimate of drug-likeness (QED) is 0.791. The van der Waals surface area contributed by atoms with E-state index in [1.165, 1.54) is 6.07 Å². The number of aliphatic hydroxyl groups excluding tert-OH is 1. The summed E-state index contributed by atoms with van der Waals surface area (Å²) < 4.78 is 0.732. The molecular formula is C13H16INO3. The Morgan fingerprint density at radius 3 is 2.94 bits per heavy atom. The molecule has 2 rings (SSSR count). The lowest BCUT2D eigenvalue weighted by atomic mass is 9.98. The molecule has 0 saturated carbocycles. The van der Waals surface area contributed by atoms with E-state index in [1.807, 2.05) is 22.6 Å². The van der Waals surface area contributed by atoms with Crippen LogP contribution in [0.2, 0.25) is 0 Å². The van der Waals surface area contributed by atoms with Gasteiger partial charge in [-0.2, -0.15) is 0 Å². The summed E-state index contributed by atoms with van der Waals surface area (Å²) in [5.74, 6) is 0.247. The lowest BCUT2D eigenvalue weighted by molar-refractivity contribution is 0.0620. The van der Waals surface area contributed by atoms with Gasteiger partial charge in [0, 0.05) is 25.3 Å². The minimum absolute atomic E-state index is 0.0696. The number of hydrogen-bond donors (Lipinski definition) is 2. The highest BCUT2D eigenvalue weighted by Crippen LogP contribution is 2.23. The van der Waals surface area contributed by atoms with Gasteiger partial charge in [-0.3, -0.25) is 4.79 Å². The van der Waals surface area contributed by atoms with Crippen LogP contribution in [-0.2, 0) is 0 Å². The van der Waals surface area contributed by atoms with Crippen LogP contribution in [-0.4, -0.2) is 40.7 Å². The maximum Gasteiger partial charge on any atom is 0.253 e. The van der Waals surface area contributed by atoms with Crippen molar-refractivity contribution in [1.29, 1.82) is 0 Å². The van der Waals surface area contributed by atoms with E-state index in [0.717, 1.165) is 23.0 Å². The van der Waals surface area contributed by atoms with Gasteiger partial charge < -0.3 is 15.1 Å². The number of aromatic hydroxyl groups is 1. The number of likely N-dealkylation sites (tertiary alicyclic amines) is 1. The number of phenols is 1. The van der Waals surface area contributed by atoms with Crippen LogP contribution in [0.4, 0.5) is 0 Å². The molecule has 98 valence electrons. The maximum atomic E-state index is 12.3. The van der Waals surface area contributed by atoms with Gasteiger partial charge in [0.1, 0.15) is 5.75 Å². The summed E-state index contributed by atoms with van der Waals surface area (Å²) in [6, 6.07) is 4.97. The zero-order valence-electron chi connectivity index (χ0n) is 9.97. The fourth-order valence-electron chi connectivity index (χ4n) is 2.23. The number of hydrogen-bond acceptors (Lipinski definition) is 3. The average Bonchev–Trinajstić information content (AvgIpc) is 2.41. The number of rotatable bonds is 2. The van der Waals surface area contributed by atoms with E-state index in [4.69, 9.17) is 5.11 Å². The number of piperidine rings is 1. The van der Waals surface area contributed by atoms with Gasteiger partial charge in [-0.25, -0.2) is 0 Å². The molecule has 1 atom stereocenters. The van der Waals surface area contributed by atoms with Crippen LogP contribution < -0.4 is 0 Å². The van der Waals surface area contributed by atoms with Crippen molar-refractivity contribution >= 4 is 28.5 Å². The fraction of sp³-hybridized carbons (Fsp3) is 0.462. The second-order valence-electron chi connectivity index (χ2n) is 4.61. The van der Waals surface area contributed by atoms with Crippen molar-refractivity contribution in [3.63, 3.8) is 0 Å². The first kappa shape index (κ1) is 13.6. The molecule has 1 aromatic rings. The molecule has 18 heavy (non-hydrogen) atoms. The Kier molecular flexibility index (Phi) is 4.45. The van der Waals surface area contributed by atoms with E-state index in [-0.39, 0.29) is 24.2 Å². The Hall–Kier alpha value is -0.820. The summed E-state index contributed by atoms with van der Waals surface area (Å²) in [6.07, 6.45) is 1.89. The van der Waals surface area contributed by atoms with Crippen molar-refractivity contribution in [2.45, 2.75) is 12.8 Å². The Balaban J connectivity index is 2.12. The Morgan fingerprint density at radius 2 is 2.28 bits per heavy atom. The van der Waals surface area contributed by atoms with Crippen LogP contribution in [0, 0.1) is 9.49 Å². The molecule has 1 aliphatic heterocycles. The third kappa shape index (κ3) is 2.95. The van der Waals surface area contributed by atoms with E-state index < -0.39 is 0 Å². The fourth-order valence-corrected chi connectivity index (χ4v) is 2.56. The molecule has 1 fully saturated rings. The lowest BCUT2D eigenvalue weighted by Crippen LogP contribution is -2.40. The largest absolute Gasteiger partial charge is 0.507 e. The first-order chi connectivity index (χ1) is 8.61. The number of carbonyl (C=O) groups excluding carboxylic acids is 1. The van der Waals surface area contributed by atoms with Crippen LogP contribution >= 0.6 is 22.6 Å². The van der Waals surface area contributed by atoms with Crippen LogP contribution in [0.25, 0.3) is 0 Å². The van der Waals surface area contributed by atoms with E-state index in [1.54, 1.807) is 17.0 Å². The second-order valence-corrected chi connectivity index (χ2v) is 5.77. The molecule has 1 amide bonds. The molecule has 0 spiro atoms. The number of halogens is 1. The van der Waals surface area contributed by atoms with Crippen LogP contribution in [0.1, 0.15) is 23.2 Å². The summed E-state index contributed by atoms with van der Waals surface area (Å²) in [5, 5.41) is 18.8. The molecule has 0 aliphatic carbocycles. The van der Waals surface area contributed by atoms with Gasteiger partial charge in [-0.15, -0.1) is 0 Å². The standard InChI is InChI=1S/C13H16INO3/c14-11-4-3-10(6-12(11)17)13(18)15-5-1-2-9(7-15)8-16/h3-4,6,9,16-17H,1-2,5,7-8H2. The predicted octanol–water partition coefficient (Wildman–Crippen LogP) is 1.84. The Morgan fingerprint density at radius 1 is 1.50 bits per heavy atom. The van der Waals surface area contributed by atoms with Crippen molar-refractivity contribution in [3.05, 3.63) is 27.3 Å². The van der Waals surface area contributed by atoms with Gasteiger partial charge in [-0.05, 0) is 59.5 Å². The summed E-state index contributed by atoms with van der Waals surface area (Å²) in [7, 11) is 0. The number of benzene rings is 1. The van der Waals surface area contributed by atoms with Crippen LogP contribution in [0.3, 0.4) is 0 Å². The molecule has 1 unspecified atom stereocenters. The van der Waals surface area contributed by atoms with Gasteiger partial charge in [-0.1, -0.05) is 0 Å². The third-order valence-electron chi connectivity index (χ3n) is 3.26. The summed E-state index contributed by atoms with van der Waals surface area (Å²) >= 11 is 2.02.